The van der Waals surface area contributed by atoms with E-state index in [9.17, 15) is 0 Å². The second-order valence-corrected chi connectivity index (χ2v) is 4.75. The molecule has 0 aliphatic heterocycles. The summed E-state index contributed by atoms with van der Waals surface area (Å²) in [6.07, 6.45) is 3.10. The summed E-state index contributed by atoms with van der Waals surface area (Å²) >= 11 is 2.03. The molecule has 0 atom stereocenters. The van der Waals surface area contributed by atoms with E-state index in [1.165, 1.54) is 16.7 Å². The Morgan fingerprint density at radius 1 is 0.950 bits per heavy atom. The molecule has 5 heteroatoms. The average molecular weight is 376 g/mol. The van der Waals surface area contributed by atoms with Crippen molar-refractivity contribution in [3.05, 3.63) is 43.4 Å². The predicted octanol–water partition coefficient (Wildman–Crippen LogP) is 5.77. The zero-order valence-electron chi connectivity index (χ0n) is 15.0. The Morgan fingerprint density at radius 3 is 1.20 bits per heavy atom. The number of halogens is 2. The van der Waals surface area contributed by atoms with Gasteiger partial charge in [-0.25, -0.2) is 5.57 Å². The summed E-state index contributed by atoms with van der Waals surface area (Å²) in [6.45, 7) is 16.0. The van der Waals surface area contributed by atoms with Gasteiger partial charge < -0.3 is 20.6 Å². The van der Waals surface area contributed by atoms with Crippen LogP contribution in [0.4, 0.5) is 0 Å². The third-order valence-electron chi connectivity index (χ3n) is 1.69. The number of rotatable bonds is 1. The molecule has 0 aliphatic carbocycles. The quantitative estimate of drug-likeness (QED) is 0.315. The van der Waals surface area contributed by atoms with E-state index < -0.39 is 0 Å². The molecule has 0 rings (SSSR count). The van der Waals surface area contributed by atoms with Gasteiger partial charge in [0.2, 0.25) is 0 Å². The first-order valence-electron chi connectivity index (χ1n) is 5.35. The third kappa shape index (κ3) is 50.9. The van der Waals surface area contributed by atoms with Crippen LogP contribution in [0.15, 0.2) is 16.7 Å². The Labute approximate surface area is 155 Å². The van der Waals surface area contributed by atoms with E-state index in [0.29, 0.717) is 0 Å². The molecule has 0 aliphatic rings. The van der Waals surface area contributed by atoms with Crippen molar-refractivity contribution >= 4 is 32.4 Å². The monoisotopic (exact) mass is 375 g/mol. The molecule has 20 heavy (non-hydrogen) atoms. The minimum absolute atomic E-state index is 0. The van der Waals surface area contributed by atoms with E-state index in [1.54, 1.807) is 0 Å². The van der Waals surface area contributed by atoms with E-state index in [-0.39, 0.29) is 45.2 Å². The van der Waals surface area contributed by atoms with E-state index >= 15 is 0 Å². The first-order chi connectivity index (χ1) is 7.09. The summed E-state index contributed by atoms with van der Waals surface area (Å²) in [5, 5.41) is 0. The SMILES string of the molecule is CC(C)(C)[NH-].C[C-]=C(C)C(C)=C(C)C.Cl.Cl.[CH3-].[CH3-].[SiH2]=[Ti]. The van der Waals surface area contributed by atoms with Gasteiger partial charge in [0.15, 0.2) is 0 Å². The molecule has 0 heterocycles. The molecular formula is C15H35Cl2NSiTi-4. The molecule has 0 aromatic heterocycles. The average Bonchev–Trinajstić information content (AvgIpc) is 2.16. The Bertz CT molecular complexity index is 237. The molecule has 0 unspecified atom stereocenters. The van der Waals surface area contributed by atoms with Crippen molar-refractivity contribution in [2.45, 2.75) is 60.9 Å². The minimum atomic E-state index is -0.250. The van der Waals surface area contributed by atoms with Crippen molar-refractivity contribution in [3.8, 4) is 0 Å². The van der Waals surface area contributed by atoms with Crippen LogP contribution in [-0.2, 0) is 19.2 Å². The van der Waals surface area contributed by atoms with Gasteiger partial charge in [0.25, 0.3) is 0 Å². The summed E-state index contributed by atoms with van der Waals surface area (Å²) in [5.74, 6) is 0. The van der Waals surface area contributed by atoms with E-state index in [1.807, 2.05) is 54.5 Å². The molecule has 0 saturated heterocycles. The fraction of sp³-hybridized carbons (Fsp3) is 0.600. The second kappa shape index (κ2) is 24.9. The van der Waals surface area contributed by atoms with E-state index in [2.05, 4.69) is 33.8 Å². The molecule has 0 spiro atoms. The van der Waals surface area contributed by atoms with Crippen molar-refractivity contribution < 1.29 is 19.2 Å². The Hall–Kier alpha value is 0.951. The predicted molar refractivity (Wildman–Crippen MR) is 102 cm³/mol. The van der Waals surface area contributed by atoms with Gasteiger partial charge in [0.1, 0.15) is 0 Å². The van der Waals surface area contributed by atoms with Gasteiger partial charge in [-0.15, -0.1) is 44.2 Å². The first-order valence-corrected chi connectivity index (χ1v) is 9.37. The fourth-order valence-corrected chi connectivity index (χ4v) is 0.562. The van der Waals surface area contributed by atoms with Crippen molar-refractivity contribution in [1.29, 1.82) is 0 Å². The standard InChI is InChI=1S/C9H15.C4H10N.2CH3.2ClH.H2Si.Ti/c1-6-8(4)9(5)7(2)3;1-4(2,3)5;;;;;;/h1-5H3;5H,1-3H3;2*1H3;2*1H;1H2;/q4*-1;;;;. The molecule has 0 radical (unpaired) electrons. The molecule has 1 nitrogen and oxygen atoms in total. The van der Waals surface area contributed by atoms with Gasteiger partial charge in [-0.3, -0.25) is 6.08 Å². The van der Waals surface area contributed by atoms with Gasteiger partial charge in [-0.1, -0.05) is 41.5 Å². The maximum absolute atomic E-state index is 6.94. The van der Waals surface area contributed by atoms with Crippen LogP contribution in [0.5, 0.6) is 0 Å². The Kier molecular flexibility index (Phi) is 53.4. The third-order valence-corrected chi connectivity index (χ3v) is 1.69. The molecule has 0 aromatic rings. The number of hydrogen-bond acceptors (Lipinski definition) is 0. The molecule has 126 valence electrons. The van der Waals surface area contributed by atoms with Crippen LogP contribution in [0.1, 0.15) is 55.4 Å². The number of nitrogens with one attached hydrogen (secondary N) is 1. The van der Waals surface area contributed by atoms with Gasteiger partial charge in [0.05, 0.1) is 0 Å². The van der Waals surface area contributed by atoms with Gasteiger partial charge in [-0.05, 0) is 0 Å². The van der Waals surface area contributed by atoms with Crippen LogP contribution >= 0.6 is 24.8 Å². The molecule has 0 amide bonds. The van der Waals surface area contributed by atoms with Gasteiger partial charge in [-0.2, -0.15) is 11.1 Å². The summed E-state index contributed by atoms with van der Waals surface area (Å²) < 4.78 is 0. The first kappa shape index (κ1) is 42.8. The summed E-state index contributed by atoms with van der Waals surface area (Å²) in [6, 6.07) is 0. The van der Waals surface area contributed by atoms with Gasteiger partial charge >= 0.3 is 26.8 Å². The molecule has 0 fully saturated rings. The topological polar surface area (TPSA) is 23.8 Å². The zero-order valence-corrected chi connectivity index (χ0v) is 19.6. The van der Waals surface area contributed by atoms with E-state index in [4.69, 9.17) is 5.73 Å². The van der Waals surface area contributed by atoms with Crippen LogP contribution in [-0.4, -0.2) is 13.2 Å². The second-order valence-electron chi connectivity index (χ2n) is 4.75. The zero-order chi connectivity index (χ0) is 13.9. The van der Waals surface area contributed by atoms with Gasteiger partial charge in [0, 0.05) is 0 Å². The molecule has 1 N–H and O–H groups in total. The summed E-state index contributed by atoms with van der Waals surface area (Å²) in [7, 11) is 1.86. The van der Waals surface area contributed by atoms with Crippen LogP contribution in [0.25, 0.3) is 5.73 Å². The van der Waals surface area contributed by atoms with Crippen molar-refractivity contribution in [1.82, 2.24) is 0 Å². The molecule has 0 aromatic carbocycles. The normalized spacial score (nSPS) is 8.30. The van der Waals surface area contributed by atoms with Crippen LogP contribution in [0.2, 0.25) is 0 Å². The van der Waals surface area contributed by atoms with E-state index in [0.717, 1.165) is 0 Å². The molecule has 0 saturated carbocycles. The van der Waals surface area contributed by atoms with Crippen molar-refractivity contribution in [3.63, 3.8) is 0 Å². The summed E-state index contributed by atoms with van der Waals surface area (Å²) in [4.78, 5) is 0. The van der Waals surface area contributed by atoms with Crippen LogP contribution < -0.4 is 0 Å². The maximum atomic E-state index is 6.94. The summed E-state index contributed by atoms with van der Waals surface area (Å²) in [5.41, 5.74) is 10.7. The number of allylic oxidation sites excluding steroid dienone is 4. The molecular weight excluding hydrogens is 341 g/mol. The van der Waals surface area contributed by atoms with Crippen molar-refractivity contribution in [2.24, 2.45) is 0 Å². The Balaban J connectivity index is -0.0000000273. The van der Waals surface area contributed by atoms with Crippen molar-refractivity contribution in [2.75, 3.05) is 0 Å². The van der Waals surface area contributed by atoms with Crippen LogP contribution in [0.3, 0.4) is 0 Å². The Morgan fingerprint density at radius 2 is 1.15 bits per heavy atom. The number of hydrogen-bond donors (Lipinski definition) is 0. The van der Waals surface area contributed by atoms with Crippen LogP contribution in [0, 0.1) is 20.9 Å². The molecule has 0 bridgehead atoms. The fourth-order valence-electron chi connectivity index (χ4n) is 0.562.